The lowest BCUT2D eigenvalue weighted by atomic mass is 9.81. The Morgan fingerprint density at radius 1 is 0.842 bits per heavy atom. The lowest BCUT2D eigenvalue weighted by Crippen LogP contribution is -2.41. The van der Waals surface area contributed by atoms with Gasteiger partial charge in [-0.15, -0.1) is 0 Å². The normalized spacial score (nSPS) is 29.3. The molecule has 1 aliphatic carbocycles. The van der Waals surface area contributed by atoms with Crippen LogP contribution < -0.4 is 0 Å². The fraction of sp³-hybridized carbons (Fsp3) is 0.647. The van der Waals surface area contributed by atoms with Gasteiger partial charge in [0.25, 0.3) is 0 Å². The van der Waals surface area contributed by atoms with Crippen molar-refractivity contribution in [3.8, 4) is 5.75 Å². The van der Waals surface area contributed by atoms with Crippen molar-refractivity contribution in [1.29, 1.82) is 0 Å². The van der Waals surface area contributed by atoms with Crippen LogP contribution >= 0.6 is 0 Å². The number of phenolic OH excluding ortho intramolecular Hbond substituents is 1. The van der Waals surface area contributed by atoms with Gasteiger partial charge in [0.05, 0.1) is 0 Å². The molecule has 2 fully saturated rings. The highest BCUT2D eigenvalue weighted by molar-refractivity contribution is 5.28. The van der Waals surface area contributed by atoms with Gasteiger partial charge in [0, 0.05) is 6.04 Å². The Morgan fingerprint density at radius 2 is 1.47 bits per heavy atom. The summed E-state index contributed by atoms with van der Waals surface area (Å²) in [6.45, 7) is 2.66. The first kappa shape index (κ1) is 13.0. The SMILES string of the molecule is Oc1ccc(C2CCC(N3CCCCC3)CC2)cc1. The van der Waals surface area contributed by atoms with Crippen molar-refractivity contribution in [2.45, 2.75) is 56.9 Å². The minimum Gasteiger partial charge on any atom is -0.508 e. The summed E-state index contributed by atoms with van der Waals surface area (Å²) < 4.78 is 0. The molecule has 104 valence electrons. The van der Waals surface area contributed by atoms with E-state index in [0.29, 0.717) is 11.7 Å². The molecular weight excluding hydrogens is 234 g/mol. The number of aromatic hydroxyl groups is 1. The highest BCUT2D eigenvalue weighted by Crippen LogP contribution is 2.35. The molecule has 2 aliphatic rings. The third-order valence-corrected chi connectivity index (χ3v) is 4.97. The third-order valence-electron chi connectivity index (χ3n) is 4.97. The summed E-state index contributed by atoms with van der Waals surface area (Å²) in [5.41, 5.74) is 1.41. The van der Waals surface area contributed by atoms with Crippen LogP contribution in [-0.4, -0.2) is 29.1 Å². The van der Waals surface area contributed by atoms with E-state index in [4.69, 9.17) is 0 Å². The number of phenols is 1. The van der Waals surface area contributed by atoms with Gasteiger partial charge < -0.3 is 10.0 Å². The van der Waals surface area contributed by atoms with Crippen molar-refractivity contribution in [3.05, 3.63) is 29.8 Å². The van der Waals surface area contributed by atoms with Gasteiger partial charge in [-0.25, -0.2) is 0 Å². The Labute approximate surface area is 116 Å². The third kappa shape index (κ3) is 3.11. The first-order chi connectivity index (χ1) is 9.33. The van der Waals surface area contributed by atoms with Gasteiger partial charge in [0.15, 0.2) is 0 Å². The van der Waals surface area contributed by atoms with Crippen molar-refractivity contribution in [1.82, 2.24) is 4.90 Å². The quantitative estimate of drug-likeness (QED) is 0.870. The van der Waals surface area contributed by atoms with E-state index in [0.717, 1.165) is 6.04 Å². The van der Waals surface area contributed by atoms with Crippen LogP contribution in [-0.2, 0) is 0 Å². The van der Waals surface area contributed by atoms with Gasteiger partial charge >= 0.3 is 0 Å². The van der Waals surface area contributed by atoms with E-state index in [9.17, 15) is 5.11 Å². The fourth-order valence-corrected chi connectivity index (χ4v) is 3.80. The van der Waals surface area contributed by atoms with Crippen LogP contribution in [0.3, 0.4) is 0 Å². The predicted molar refractivity (Wildman–Crippen MR) is 78.5 cm³/mol. The van der Waals surface area contributed by atoms with E-state index < -0.39 is 0 Å². The summed E-state index contributed by atoms with van der Waals surface area (Å²) in [5.74, 6) is 1.09. The number of piperidine rings is 1. The first-order valence-corrected chi connectivity index (χ1v) is 7.86. The molecule has 0 atom stereocenters. The molecule has 1 saturated carbocycles. The Kier molecular flexibility index (Phi) is 4.07. The summed E-state index contributed by atoms with van der Waals surface area (Å²) in [4.78, 5) is 2.73. The molecule has 1 aromatic rings. The average Bonchev–Trinajstić information content (AvgIpc) is 2.49. The smallest absolute Gasteiger partial charge is 0.115 e. The molecular formula is C17H25NO. The number of nitrogens with zero attached hydrogens (tertiary/aromatic N) is 1. The second kappa shape index (κ2) is 5.96. The van der Waals surface area contributed by atoms with Crippen LogP contribution in [0.2, 0.25) is 0 Å². The summed E-state index contributed by atoms with van der Waals surface area (Å²) in [6, 6.07) is 8.69. The molecule has 1 heterocycles. The zero-order valence-electron chi connectivity index (χ0n) is 11.7. The highest BCUT2D eigenvalue weighted by Gasteiger charge is 2.27. The van der Waals surface area contributed by atoms with Gasteiger partial charge in [-0.2, -0.15) is 0 Å². The molecule has 1 saturated heterocycles. The molecule has 0 unspecified atom stereocenters. The topological polar surface area (TPSA) is 23.5 Å². The maximum Gasteiger partial charge on any atom is 0.115 e. The molecule has 2 nitrogen and oxygen atoms in total. The lowest BCUT2D eigenvalue weighted by molar-refractivity contribution is 0.125. The zero-order chi connectivity index (χ0) is 13.1. The van der Waals surface area contributed by atoms with Gasteiger partial charge in [-0.3, -0.25) is 0 Å². The number of hydrogen-bond donors (Lipinski definition) is 1. The van der Waals surface area contributed by atoms with Crippen molar-refractivity contribution in [2.24, 2.45) is 0 Å². The summed E-state index contributed by atoms with van der Waals surface area (Å²) in [5, 5.41) is 9.36. The van der Waals surface area contributed by atoms with Gasteiger partial charge in [0.1, 0.15) is 5.75 Å². The highest BCUT2D eigenvalue weighted by atomic mass is 16.3. The Balaban J connectivity index is 1.55. The second-order valence-corrected chi connectivity index (χ2v) is 6.19. The van der Waals surface area contributed by atoms with Crippen molar-refractivity contribution < 1.29 is 5.11 Å². The van der Waals surface area contributed by atoms with Crippen molar-refractivity contribution in [3.63, 3.8) is 0 Å². The van der Waals surface area contributed by atoms with E-state index in [1.807, 2.05) is 12.1 Å². The summed E-state index contributed by atoms with van der Waals surface area (Å²) in [7, 11) is 0. The Bertz CT molecular complexity index is 386. The van der Waals surface area contributed by atoms with Crippen molar-refractivity contribution in [2.75, 3.05) is 13.1 Å². The first-order valence-electron chi connectivity index (χ1n) is 7.86. The zero-order valence-corrected chi connectivity index (χ0v) is 11.7. The molecule has 0 amide bonds. The molecule has 0 aromatic heterocycles. The van der Waals surface area contributed by atoms with Crippen LogP contribution in [0, 0.1) is 0 Å². The van der Waals surface area contributed by atoms with E-state index in [-0.39, 0.29) is 0 Å². The molecule has 0 bridgehead atoms. The molecule has 1 N–H and O–H groups in total. The maximum atomic E-state index is 9.36. The molecule has 0 radical (unpaired) electrons. The maximum absolute atomic E-state index is 9.36. The molecule has 19 heavy (non-hydrogen) atoms. The Hall–Kier alpha value is -1.02. The molecule has 1 aliphatic heterocycles. The molecule has 0 spiro atoms. The van der Waals surface area contributed by atoms with Gasteiger partial charge in [-0.1, -0.05) is 18.6 Å². The van der Waals surface area contributed by atoms with Crippen molar-refractivity contribution >= 4 is 0 Å². The fourth-order valence-electron chi connectivity index (χ4n) is 3.80. The predicted octanol–water partition coefficient (Wildman–Crippen LogP) is 3.90. The standard InChI is InChI=1S/C17H25NO/c19-17-10-6-15(7-11-17)14-4-8-16(9-5-14)18-12-2-1-3-13-18/h6-7,10-11,14,16,19H,1-5,8-9,12-13H2. The lowest BCUT2D eigenvalue weighted by Gasteiger charge is -2.39. The Morgan fingerprint density at radius 3 is 2.11 bits per heavy atom. The molecule has 3 rings (SSSR count). The largest absolute Gasteiger partial charge is 0.508 e. The molecule has 1 aromatic carbocycles. The second-order valence-electron chi connectivity index (χ2n) is 6.19. The molecule has 2 heteroatoms. The monoisotopic (exact) mass is 259 g/mol. The van der Waals surface area contributed by atoms with E-state index in [1.165, 1.54) is 63.6 Å². The minimum atomic E-state index is 0.380. The van der Waals surface area contributed by atoms with Crippen LogP contribution in [0.1, 0.15) is 56.4 Å². The average molecular weight is 259 g/mol. The van der Waals surface area contributed by atoms with E-state index in [1.54, 1.807) is 0 Å². The summed E-state index contributed by atoms with van der Waals surface area (Å²) in [6.07, 6.45) is 9.56. The van der Waals surface area contributed by atoms with Crippen LogP contribution in [0.5, 0.6) is 5.75 Å². The number of rotatable bonds is 2. The summed E-state index contributed by atoms with van der Waals surface area (Å²) >= 11 is 0. The number of likely N-dealkylation sites (tertiary alicyclic amines) is 1. The van der Waals surface area contributed by atoms with Gasteiger partial charge in [0.2, 0.25) is 0 Å². The minimum absolute atomic E-state index is 0.380. The van der Waals surface area contributed by atoms with Gasteiger partial charge in [-0.05, 0) is 75.2 Å². The van der Waals surface area contributed by atoms with E-state index in [2.05, 4.69) is 17.0 Å². The van der Waals surface area contributed by atoms with Crippen LogP contribution in [0.4, 0.5) is 0 Å². The number of benzene rings is 1. The van der Waals surface area contributed by atoms with E-state index >= 15 is 0 Å². The van der Waals surface area contributed by atoms with Crippen LogP contribution in [0.25, 0.3) is 0 Å². The number of hydrogen-bond acceptors (Lipinski definition) is 2. The van der Waals surface area contributed by atoms with Crippen LogP contribution in [0.15, 0.2) is 24.3 Å².